The second-order valence-corrected chi connectivity index (χ2v) is 9.44. The molecule has 0 spiro atoms. The summed E-state index contributed by atoms with van der Waals surface area (Å²) in [5.41, 5.74) is 1.51. The molecule has 4 rings (SSSR count). The topological polar surface area (TPSA) is 114 Å². The molecule has 0 bridgehead atoms. The van der Waals surface area contributed by atoms with Gasteiger partial charge in [0, 0.05) is 25.0 Å². The molecular formula is C31H32N4O5. The van der Waals surface area contributed by atoms with Crippen molar-refractivity contribution < 1.29 is 24.2 Å². The molecule has 1 atom stereocenters. The Kier molecular flexibility index (Phi) is 8.63. The number of urea groups is 1. The van der Waals surface area contributed by atoms with Crippen LogP contribution in [0.2, 0.25) is 0 Å². The fourth-order valence-electron chi connectivity index (χ4n) is 4.60. The number of hydrogen-bond donors (Lipinski definition) is 2. The average Bonchev–Trinajstić information content (AvgIpc) is 2.95. The highest BCUT2D eigenvalue weighted by Crippen LogP contribution is 2.36. The third-order valence-electron chi connectivity index (χ3n) is 6.49. The molecule has 40 heavy (non-hydrogen) atoms. The predicted molar refractivity (Wildman–Crippen MR) is 150 cm³/mol. The molecule has 9 heteroatoms. The number of rotatable bonds is 10. The zero-order chi connectivity index (χ0) is 28.7. The third kappa shape index (κ3) is 6.20. The number of carbonyl (C=O) groups is 2. The number of nitrogens with one attached hydrogen (secondary N) is 1. The van der Waals surface area contributed by atoms with Crippen LogP contribution < -0.4 is 14.8 Å². The van der Waals surface area contributed by atoms with Gasteiger partial charge in [0.1, 0.15) is 11.3 Å². The van der Waals surface area contributed by atoms with E-state index in [2.05, 4.69) is 15.3 Å². The molecule has 2 N–H and O–H groups in total. The summed E-state index contributed by atoms with van der Waals surface area (Å²) in [7, 11) is 3.23. The maximum Gasteiger partial charge on any atom is 0.348 e. The predicted octanol–water partition coefficient (Wildman–Crippen LogP) is 4.72. The largest absolute Gasteiger partial charge is 0.497 e. The van der Waals surface area contributed by atoms with Crippen LogP contribution in [-0.2, 0) is 16.9 Å². The molecule has 0 radical (unpaired) electrons. The summed E-state index contributed by atoms with van der Waals surface area (Å²) in [4.78, 5) is 36.9. The first-order chi connectivity index (χ1) is 19.2. The maximum absolute atomic E-state index is 13.8. The molecule has 0 fully saturated rings. The van der Waals surface area contributed by atoms with Gasteiger partial charge in [-0.2, -0.15) is 0 Å². The van der Waals surface area contributed by atoms with Crippen molar-refractivity contribution in [3.8, 4) is 11.8 Å². The van der Waals surface area contributed by atoms with Gasteiger partial charge in [-0.25, -0.2) is 19.6 Å². The van der Waals surface area contributed by atoms with Gasteiger partial charge in [-0.3, -0.25) is 0 Å². The number of carboxylic acids is 1. The minimum absolute atomic E-state index is 0.0954. The van der Waals surface area contributed by atoms with Crippen LogP contribution in [0.1, 0.15) is 28.1 Å². The van der Waals surface area contributed by atoms with Crippen molar-refractivity contribution in [2.75, 3.05) is 14.2 Å². The second kappa shape index (κ2) is 12.3. The first-order valence-corrected chi connectivity index (χ1v) is 12.7. The lowest BCUT2D eigenvalue weighted by Crippen LogP contribution is -2.61. The van der Waals surface area contributed by atoms with Gasteiger partial charge >= 0.3 is 18.0 Å². The lowest BCUT2D eigenvalue weighted by molar-refractivity contribution is -0.148. The van der Waals surface area contributed by atoms with Gasteiger partial charge in [-0.15, -0.1) is 0 Å². The van der Waals surface area contributed by atoms with Crippen LogP contribution in [0.5, 0.6) is 11.8 Å². The Balaban J connectivity index is 1.81. The summed E-state index contributed by atoms with van der Waals surface area (Å²) in [5, 5.41) is 13.6. The highest BCUT2D eigenvalue weighted by Gasteiger charge is 2.50. The summed E-state index contributed by atoms with van der Waals surface area (Å²) in [6, 6.07) is 26.4. The lowest BCUT2D eigenvalue weighted by atomic mass is 9.78. The van der Waals surface area contributed by atoms with Crippen LogP contribution >= 0.6 is 0 Å². The van der Waals surface area contributed by atoms with Crippen LogP contribution in [0.4, 0.5) is 4.79 Å². The Morgan fingerprint density at radius 1 is 0.900 bits per heavy atom. The average molecular weight is 541 g/mol. The first-order valence-electron chi connectivity index (χ1n) is 12.7. The fraction of sp³-hybridized carbons (Fsp3) is 0.226. The molecule has 3 aromatic carbocycles. The lowest BCUT2D eigenvalue weighted by Gasteiger charge is -2.40. The molecule has 0 saturated carbocycles. The highest BCUT2D eigenvalue weighted by molar-refractivity contribution is 5.82. The number of carbonyl (C=O) groups excluding carboxylic acids is 1. The van der Waals surface area contributed by atoms with E-state index in [1.807, 2.05) is 36.4 Å². The van der Waals surface area contributed by atoms with Crippen molar-refractivity contribution in [3.05, 3.63) is 119 Å². The molecule has 206 valence electrons. The number of aromatic nitrogens is 2. The van der Waals surface area contributed by atoms with Gasteiger partial charge in [-0.05, 0) is 48.7 Å². The van der Waals surface area contributed by atoms with Gasteiger partial charge in [0.2, 0.25) is 6.10 Å². The number of carboxylic acid groups (broad SMARTS) is 1. The molecule has 4 aromatic rings. The first kappa shape index (κ1) is 28.1. The van der Waals surface area contributed by atoms with Crippen LogP contribution in [0.25, 0.3) is 0 Å². The Hall–Kier alpha value is -4.92. The van der Waals surface area contributed by atoms with Gasteiger partial charge in [0.15, 0.2) is 0 Å². The van der Waals surface area contributed by atoms with Gasteiger partial charge in [0.05, 0.1) is 7.11 Å². The summed E-state index contributed by atoms with van der Waals surface area (Å²) in [6.45, 7) is 3.82. The van der Waals surface area contributed by atoms with E-state index in [0.717, 1.165) is 5.56 Å². The minimum Gasteiger partial charge on any atom is -0.497 e. The van der Waals surface area contributed by atoms with E-state index in [1.165, 1.54) is 4.90 Å². The SMILES string of the molecule is COc1ccc(CN(C)C(=O)NC(c2ccccc2)(c2ccccc2)C(Oc2nc(C)cc(C)n2)C(=O)O)cc1. The molecular weight excluding hydrogens is 508 g/mol. The summed E-state index contributed by atoms with van der Waals surface area (Å²) >= 11 is 0. The van der Waals surface area contributed by atoms with Crippen LogP contribution in [0.15, 0.2) is 91.0 Å². The van der Waals surface area contributed by atoms with Gasteiger partial charge < -0.3 is 24.8 Å². The highest BCUT2D eigenvalue weighted by atomic mass is 16.5. The van der Waals surface area contributed by atoms with Crippen LogP contribution in [-0.4, -0.2) is 52.2 Å². The standard InChI is InChI=1S/C31H32N4O5/c1-21-19-22(2)33-29(32-21)40-27(28(36)37)31(24-11-7-5-8-12-24,25-13-9-6-10-14-25)34-30(38)35(3)20-23-15-17-26(39-4)18-16-23/h5-19,27H,20H2,1-4H3,(H,34,38)(H,36,37). The summed E-state index contributed by atoms with van der Waals surface area (Å²) in [5.74, 6) is -0.591. The Morgan fingerprint density at radius 2 is 1.43 bits per heavy atom. The fourth-order valence-corrected chi connectivity index (χ4v) is 4.60. The van der Waals surface area contributed by atoms with E-state index >= 15 is 0 Å². The molecule has 9 nitrogen and oxygen atoms in total. The number of methoxy groups -OCH3 is 1. The van der Waals surface area contributed by atoms with E-state index in [1.54, 1.807) is 82.6 Å². The van der Waals surface area contributed by atoms with Crippen LogP contribution in [0, 0.1) is 13.8 Å². The molecule has 0 saturated heterocycles. The van der Waals surface area contributed by atoms with E-state index < -0.39 is 23.6 Å². The number of amides is 2. The van der Waals surface area contributed by atoms with E-state index in [9.17, 15) is 14.7 Å². The van der Waals surface area contributed by atoms with Crippen molar-refractivity contribution in [2.45, 2.75) is 32.0 Å². The maximum atomic E-state index is 13.8. The minimum atomic E-state index is -1.65. The number of aryl methyl sites for hydroxylation is 2. The zero-order valence-corrected chi connectivity index (χ0v) is 22.9. The summed E-state index contributed by atoms with van der Waals surface area (Å²) < 4.78 is 11.3. The normalized spacial score (nSPS) is 11.8. The molecule has 0 aliphatic heterocycles. The number of nitrogens with zero attached hydrogens (tertiary/aromatic N) is 3. The monoisotopic (exact) mass is 540 g/mol. The quantitative estimate of drug-likeness (QED) is 0.299. The Bertz CT molecular complexity index is 1390. The van der Waals surface area contributed by atoms with Crippen molar-refractivity contribution in [1.29, 1.82) is 0 Å². The number of ether oxygens (including phenoxy) is 2. The van der Waals surface area contributed by atoms with Crippen molar-refractivity contribution in [1.82, 2.24) is 20.2 Å². The van der Waals surface area contributed by atoms with Gasteiger partial charge in [0.25, 0.3) is 0 Å². The number of aliphatic carboxylic acids is 1. The molecule has 1 aromatic heterocycles. The van der Waals surface area contributed by atoms with Gasteiger partial charge in [-0.1, -0.05) is 72.8 Å². The van der Waals surface area contributed by atoms with E-state index in [-0.39, 0.29) is 12.6 Å². The number of hydrogen-bond acceptors (Lipinski definition) is 6. The molecule has 1 unspecified atom stereocenters. The Morgan fingerprint density at radius 3 is 1.90 bits per heavy atom. The molecule has 0 aliphatic carbocycles. The summed E-state index contributed by atoms with van der Waals surface area (Å²) in [6.07, 6.45) is -1.63. The molecule has 2 amide bonds. The molecule has 0 aliphatic rings. The second-order valence-electron chi connectivity index (χ2n) is 9.44. The van der Waals surface area contributed by atoms with Crippen molar-refractivity contribution in [2.24, 2.45) is 0 Å². The van der Waals surface area contributed by atoms with Crippen LogP contribution in [0.3, 0.4) is 0 Å². The molecule has 1 heterocycles. The smallest absolute Gasteiger partial charge is 0.348 e. The van der Waals surface area contributed by atoms with E-state index in [0.29, 0.717) is 28.3 Å². The number of benzene rings is 3. The zero-order valence-electron chi connectivity index (χ0n) is 22.9. The Labute approximate surface area is 233 Å². The van der Waals surface area contributed by atoms with Crippen molar-refractivity contribution >= 4 is 12.0 Å². The van der Waals surface area contributed by atoms with Crippen molar-refractivity contribution in [3.63, 3.8) is 0 Å². The third-order valence-corrected chi connectivity index (χ3v) is 6.49. The van der Waals surface area contributed by atoms with E-state index in [4.69, 9.17) is 9.47 Å².